The number of carbonyl (C=O) groups excluding carboxylic acids is 1. The van der Waals surface area contributed by atoms with Gasteiger partial charge in [0.05, 0.1) is 6.61 Å². The van der Waals surface area contributed by atoms with E-state index >= 15 is 0 Å². The Labute approximate surface area is 157 Å². The molecule has 5 nitrogen and oxygen atoms in total. The largest absolute Gasteiger partial charge is 0.450 e. The molecule has 0 saturated heterocycles. The first-order chi connectivity index (χ1) is 12.2. The number of hydrogen-bond donors (Lipinski definition) is 3. The van der Waals surface area contributed by atoms with Crippen LogP contribution in [0.15, 0.2) is 22.7 Å². The van der Waals surface area contributed by atoms with Gasteiger partial charge in [-0.25, -0.2) is 4.79 Å². The Morgan fingerprint density at radius 3 is 2.62 bits per heavy atom. The van der Waals surface area contributed by atoms with Crippen LogP contribution in [-0.2, 0) is 10.3 Å². The number of anilines is 1. The number of nitrogens with one attached hydrogen (secondary N) is 2. The number of benzene rings is 1. The predicted octanol–water partition coefficient (Wildman–Crippen LogP) is 5.44. The van der Waals surface area contributed by atoms with E-state index in [4.69, 9.17) is 4.74 Å². The number of amides is 1. The molecule has 9 heteroatoms. The van der Waals surface area contributed by atoms with E-state index in [1.165, 1.54) is 0 Å². The number of aliphatic hydroxyl groups is 1. The summed E-state index contributed by atoms with van der Waals surface area (Å²) in [6.07, 6.45) is -5.73. The molecule has 144 valence electrons. The van der Waals surface area contributed by atoms with E-state index in [-0.39, 0.29) is 24.2 Å². The van der Waals surface area contributed by atoms with E-state index in [1.54, 1.807) is 32.0 Å². The third kappa shape index (κ3) is 3.83. The highest BCUT2D eigenvalue weighted by atomic mass is 79.9. The predicted molar refractivity (Wildman–Crippen MR) is 96.1 cm³/mol. The van der Waals surface area contributed by atoms with Gasteiger partial charge in [0.2, 0.25) is 0 Å². The molecule has 0 aliphatic rings. The standard InChI is InChI=1S/C17H20BrF3N2O3/c1-3-5-9-16(25,17(19,20)21)13-12-10(18)7-6-8-11(12)22-14(13)23-15(24)26-4-2/h6-8,22,25H,3-5,9H2,1-2H3,(H,23,24). The minimum Gasteiger partial charge on any atom is -0.450 e. The number of alkyl halides is 3. The van der Waals surface area contributed by atoms with Crippen molar-refractivity contribution in [2.75, 3.05) is 11.9 Å². The molecule has 1 aromatic heterocycles. The van der Waals surface area contributed by atoms with Crippen LogP contribution in [0.5, 0.6) is 0 Å². The van der Waals surface area contributed by atoms with E-state index in [0.717, 1.165) is 0 Å². The van der Waals surface area contributed by atoms with Gasteiger partial charge in [0.25, 0.3) is 0 Å². The smallest absolute Gasteiger partial charge is 0.421 e. The molecule has 0 fully saturated rings. The molecular formula is C17H20BrF3N2O3. The number of unbranched alkanes of at least 4 members (excludes halogenated alkanes) is 1. The second-order valence-corrected chi connectivity index (χ2v) is 6.70. The summed E-state index contributed by atoms with van der Waals surface area (Å²) in [6, 6.07) is 4.78. The molecule has 0 aliphatic heterocycles. The normalized spacial score (nSPS) is 14.3. The number of fused-ring (bicyclic) bond motifs is 1. The number of aromatic amines is 1. The van der Waals surface area contributed by atoms with Gasteiger partial charge in [-0.3, -0.25) is 5.32 Å². The van der Waals surface area contributed by atoms with E-state index in [0.29, 0.717) is 16.4 Å². The summed E-state index contributed by atoms with van der Waals surface area (Å²) in [6.45, 7) is 3.37. The maximum Gasteiger partial charge on any atom is 0.421 e. The van der Waals surface area contributed by atoms with E-state index in [9.17, 15) is 23.1 Å². The molecule has 0 spiro atoms. The van der Waals surface area contributed by atoms with Gasteiger partial charge in [-0.1, -0.05) is 41.8 Å². The lowest BCUT2D eigenvalue weighted by Crippen LogP contribution is -2.43. The summed E-state index contributed by atoms with van der Waals surface area (Å²) in [5, 5.41) is 13.2. The lowest BCUT2D eigenvalue weighted by molar-refractivity contribution is -0.268. The first kappa shape index (κ1) is 20.6. The van der Waals surface area contributed by atoms with Crippen molar-refractivity contribution < 1.29 is 27.8 Å². The zero-order chi connectivity index (χ0) is 19.5. The molecule has 26 heavy (non-hydrogen) atoms. The number of halogens is 4. The molecule has 0 bridgehead atoms. The Morgan fingerprint density at radius 2 is 2.04 bits per heavy atom. The zero-order valence-electron chi connectivity index (χ0n) is 14.3. The summed E-state index contributed by atoms with van der Waals surface area (Å²) in [4.78, 5) is 14.5. The number of carbonyl (C=O) groups is 1. The van der Waals surface area contributed by atoms with Crippen LogP contribution in [0.3, 0.4) is 0 Å². The van der Waals surface area contributed by atoms with Gasteiger partial charge < -0.3 is 14.8 Å². The molecule has 1 atom stereocenters. The molecule has 1 heterocycles. The first-order valence-electron chi connectivity index (χ1n) is 8.19. The summed E-state index contributed by atoms with van der Waals surface area (Å²) in [5.74, 6) is -0.235. The summed E-state index contributed by atoms with van der Waals surface area (Å²) in [7, 11) is 0. The Kier molecular flexibility index (Phi) is 6.23. The Morgan fingerprint density at radius 1 is 1.35 bits per heavy atom. The van der Waals surface area contributed by atoms with E-state index in [2.05, 4.69) is 26.2 Å². The van der Waals surface area contributed by atoms with E-state index in [1.807, 2.05) is 0 Å². The van der Waals surface area contributed by atoms with E-state index < -0.39 is 29.9 Å². The molecule has 0 radical (unpaired) electrons. The number of H-pyrrole nitrogens is 1. The van der Waals surface area contributed by atoms with Crippen LogP contribution in [-0.4, -0.2) is 29.0 Å². The average molecular weight is 437 g/mol. The second-order valence-electron chi connectivity index (χ2n) is 5.84. The Hall–Kier alpha value is -1.74. The molecular weight excluding hydrogens is 417 g/mol. The van der Waals surface area contributed by atoms with Gasteiger partial charge in [0.1, 0.15) is 5.82 Å². The molecule has 0 aliphatic carbocycles. The fourth-order valence-corrected chi connectivity index (χ4v) is 3.39. The monoisotopic (exact) mass is 436 g/mol. The van der Waals surface area contributed by atoms with Crippen LogP contribution in [0.2, 0.25) is 0 Å². The summed E-state index contributed by atoms with van der Waals surface area (Å²) in [5.41, 5.74) is -3.20. The summed E-state index contributed by atoms with van der Waals surface area (Å²) < 4.78 is 46.8. The number of hydrogen-bond acceptors (Lipinski definition) is 3. The van der Waals surface area contributed by atoms with Gasteiger partial charge >= 0.3 is 12.3 Å². The maximum atomic E-state index is 13.9. The lowest BCUT2D eigenvalue weighted by Gasteiger charge is -2.31. The van der Waals surface area contributed by atoms with Crippen molar-refractivity contribution in [1.82, 2.24) is 4.98 Å². The zero-order valence-corrected chi connectivity index (χ0v) is 15.9. The highest BCUT2D eigenvalue weighted by molar-refractivity contribution is 9.10. The average Bonchev–Trinajstić information content (AvgIpc) is 2.91. The molecule has 2 rings (SSSR count). The quantitative estimate of drug-likeness (QED) is 0.564. The van der Waals surface area contributed by atoms with Crippen LogP contribution >= 0.6 is 15.9 Å². The molecule has 3 N–H and O–H groups in total. The van der Waals surface area contributed by atoms with Gasteiger partial charge in [0.15, 0.2) is 5.60 Å². The van der Waals surface area contributed by atoms with Gasteiger partial charge in [-0.2, -0.15) is 13.2 Å². The van der Waals surface area contributed by atoms with Crippen LogP contribution < -0.4 is 5.32 Å². The number of aromatic nitrogens is 1. The third-order valence-corrected chi connectivity index (χ3v) is 4.71. The van der Waals surface area contributed by atoms with Gasteiger partial charge in [-0.15, -0.1) is 0 Å². The Bertz CT molecular complexity index is 791. The van der Waals surface area contributed by atoms with Crippen LogP contribution in [0, 0.1) is 0 Å². The van der Waals surface area contributed by atoms with Crippen LogP contribution in [0.4, 0.5) is 23.8 Å². The minimum absolute atomic E-state index is 0.0600. The van der Waals surface area contributed by atoms with Crippen molar-refractivity contribution in [3.05, 3.63) is 28.2 Å². The van der Waals surface area contributed by atoms with Crippen molar-refractivity contribution in [1.29, 1.82) is 0 Å². The fraction of sp³-hybridized carbons (Fsp3) is 0.471. The molecule has 1 amide bonds. The highest BCUT2D eigenvalue weighted by Crippen LogP contribution is 2.49. The number of ether oxygens (including phenoxy) is 1. The van der Waals surface area contributed by atoms with Crippen molar-refractivity contribution in [3.8, 4) is 0 Å². The molecule has 1 unspecified atom stereocenters. The third-order valence-electron chi connectivity index (χ3n) is 4.05. The maximum absolute atomic E-state index is 13.9. The Balaban J connectivity index is 2.73. The SMILES string of the molecule is CCCCC(O)(c1c(NC(=O)OCC)[nH]c2cccc(Br)c12)C(F)(F)F. The van der Waals surface area contributed by atoms with Gasteiger partial charge in [0, 0.05) is 20.9 Å². The van der Waals surface area contributed by atoms with Crippen molar-refractivity contribution in [2.45, 2.75) is 44.9 Å². The molecule has 1 aromatic carbocycles. The summed E-state index contributed by atoms with van der Waals surface area (Å²) >= 11 is 3.24. The van der Waals surface area contributed by atoms with Crippen LogP contribution in [0.1, 0.15) is 38.7 Å². The van der Waals surface area contributed by atoms with Gasteiger partial charge in [-0.05, 0) is 25.5 Å². The fourth-order valence-electron chi connectivity index (χ4n) is 2.82. The van der Waals surface area contributed by atoms with Crippen molar-refractivity contribution in [3.63, 3.8) is 0 Å². The lowest BCUT2D eigenvalue weighted by atomic mass is 9.86. The topological polar surface area (TPSA) is 74.3 Å². The molecule has 0 saturated carbocycles. The first-order valence-corrected chi connectivity index (χ1v) is 8.98. The minimum atomic E-state index is -4.93. The van der Waals surface area contributed by atoms with Crippen molar-refractivity contribution >= 4 is 38.7 Å². The van der Waals surface area contributed by atoms with Crippen molar-refractivity contribution in [2.24, 2.45) is 0 Å². The number of rotatable bonds is 6. The molecule has 2 aromatic rings. The van der Waals surface area contributed by atoms with Crippen LogP contribution in [0.25, 0.3) is 10.9 Å². The second kappa shape index (κ2) is 7.87. The highest BCUT2D eigenvalue weighted by Gasteiger charge is 2.56.